The number of hydrogen-bond donors (Lipinski definition) is 2. The van der Waals surface area contributed by atoms with Gasteiger partial charge in [0.05, 0.1) is 15.7 Å². The molecule has 19 heavy (non-hydrogen) atoms. The average Bonchev–Trinajstić information content (AvgIpc) is 3.18. The van der Waals surface area contributed by atoms with Crippen LogP contribution < -0.4 is 11.1 Å². The average molecular weight is 301 g/mol. The first-order valence-electron chi connectivity index (χ1n) is 6.56. The van der Waals surface area contributed by atoms with Gasteiger partial charge in [-0.05, 0) is 30.9 Å². The second-order valence-corrected chi connectivity index (χ2v) is 5.93. The molecule has 1 atom stereocenters. The molecule has 0 bridgehead atoms. The Morgan fingerprint density at radius 3 is 2.47 bits per heavy atom. The van der Waals surface area contributed by atoms with Gasteiger partial charge in [0.25, 0.3) is 5.91 Å². The maximum atomic E-state index is 12.2. The summed E-state index contributed by atoms with van der Waals surface area (Å²) in [6.07, 6.45) is 4.55. The van der Waals surface area contributed by atoms with Gasteiger partial charge < -0.3 is 11.1 Å². The molecule has 0 radical (unpaired) electrons. The number of rotatable bonds is 5. The number of benzene rings is 1. The van der Waals surface area contributed by atoms with Crippen LogP contribution in [0, 0.1) is 5.92 Å². The zero-order chi connectivity index (χ0) is 14.0. The number of halogens is 2. The molecule has 0 saturated heterocycles. The molecule has 1 aromatic rings. The van der Waals surface area contributed by atoms with Gasteiger partial charge >= 0.3 is 0 Å². The highest BCUT2D eigenvalue weighted by Gasteiger charge is 2.25. The van der Waals surface area contributed by atoms with Gasteiger partial charge in [-0.1, -0.05) is 43.0 Å². The molecule has 1 unspecified atom stereocenters. The normalized spacial score (nSPS) is 16.2. The second-order valence-electron chi connectivity index (χ2n) is 5.11. The minimum atomic E-state index is -0.142. The van der Waals surface area contributed by atoms with Gasteiger partial charge in [-0.2, -0.15) is 0 Å². The smallest absolute Gasteiger partial charge is 0.251 e. The largest absolute Gasteiger partial charge is 0.396 e. The Balaban J connectivity index is 2.05. The summed E-state index contributed by atoms with van der Waals surface area (Å²) >= 11 is 11.9. The monoisotopic (exact) mass is 300 g/mol. The molecule has 0 aromatic heterocycles. The summed E-state index contributed by atoms with van der Waals surface area (Å²) in [6.45, 7) is 2.08. The van der Waals surface area contributed by atoms with Crippen molar-refractivity contribution in [2.45, 2.75) is 38.6 Å². The minimum absolute atomic E-state index is 0.142. The molecule has 104 valence electrons. The molecular weight excluding hydrogens is 283 g/mol. The van der Waals surface area contributed by atoms with E-state index < -0.39 is 0 Å². The first-order valence-corrected chi connectivity index (χ1v) is 7.32. The summed E-state index contributed by atoms with van der Waals surface area (Å²) in [5, 5.41) is 3.66. The number of carbonyl (C=O) groups is 1. The van der Waals surface area contributed by atoms with Crippen LogP contribution in [0.15, 0.2) is 12.1 Å². The van der Waals surface area contributed by atoms with E-state index in [4.69, 9.17) is 28.9 Å². The van der Waals surface area contributed by atoms with Crippen LogP contribution in [0.1, 0.15) is 43.0 Å². The maximum Gasteiger partial charge on any atom is 0.251 e. The Morgan fingerprint density at radius 2 is 2.00 bits per heavy atom. The summed E-state index contributed by atoms with van der Waals surface area (Å²) in [6, 6.07) is 3.33. The molecule has 3 nitrogen and oxygen atoms in total. The lowest BCUT2D eigenvalue weighted by atomic mass is 10.1. The molecule has 2 rings (SSSR count). The Hall–Kier alpha value is -0.930. The topological polar surface area (TPSA) is 55.1 Å². The van der Waals surface area contributed by atoms with Crippen molar-refractivity contribution in [2.24, 2.45) is 5.92 Å². The molecule has 0 aliphatic heterocycles. The predicted molar refractivity (Wildman–Crippen MR) is 79.8 cm³/mol. The fourth-order valence-corrected chi connectivity index (χ4v) is 2.55. The maximum absolute atomic E-state index is 12.2. The SMILES string of the molecule is CCC(CC1CC1)NC(=O)c1cc(Cl)c(N)c(Cl)c1. The molecule has 1 saturated carbocycles. The molecule has 1 aliphatic rings. The standard InChI is InChI=1S/C14H18Cl2N2O/c1-2-10(5-8-3-4-8)18-14(19)9-6-11(15)13(17)12(16)7-9/h6-8,10H,2-5,17H2,1H3,(H,18,19). The van der Waals surface area contributed by atoms with Crippen LogP contribution in [0.4, 0.5) is 5.69 Å². The lowest BCUT2D eigenvalue weighted by Gasteiger charge is -2.17. The number of amides is 1. The second kappa shape index (κ2) is 6.02. The third-order valence-electron chi connectivity index (χ3n) is 3.48. The van der Waals surface area contributed by atoms with Crippen molar-refractivity contribution in [1.29, 1.82) is 0 Å². The van der Waals surface area contributed by atoms with Crippen molar-refractivity contribution in [3.8, 4) is 0 Å². The van der Waals surface area contributed by atoms with E-state index in [9.17, 15) is 4.79 Å². The Kier molecular flexibility index (Phi) is 4.58. The number of hydrogen-bond acceptors (Lipinski definition) is 2. The van der Waals surface area contributed by atoms with Crippen molar-refractivity contribution in [1.82, 2.24) is 5.32 Å². The zero-order valence-electron chi connectivity index (χ0n) is 10.9. The third kappa shape index (κ3) is 3.77. The van der Waals surface area contributed by atoms with Crippen molar-refractivity contribution in [3.05, 3.63) is 27.7 Å². The first-order chi connectivity index (χ1) is 9.01. The van der Waals surface area contributed by atoms with Crippen LogP contribution in [0.2, 0.25) is 10.0 Å². The van der Waals surface area contributed by atoms with Crippen molar-refractivity contribution in [3.63, 3.8) is 0 Å². The highest BCUT2D eigenvalue weighted by molar-refractivity contribution is 6.39. The van der Waals surface area contributed by atoms with Crippen molar-refractivity contribution < 1.29 is 4.79 Å². The van der Waals surface area contributed by atoms with Crippen molar-refractivity contribution in [2.75, 3.05) is 5.73 Å². The highest BCUT2D eigenvalue weighted by Crippen LogP contribution is 2.34. The summed E-state index contributed by atoms with van der Waals surface area (Å²) in [4.78, 5) is 12.2. The Morgan fingerprint density at radius 1 is 1.42 bits per heavy atom. The number of carbonyl (C=O) groups excluding carboxylic acids is 1. The lowest BCUT2D eigenvalue weighted by molar-refractivity contribution is 0.0932. The van der Waals surface area contributed by atoms with Crippen LogP contribution >= 0.6 is 23.2 Å². The van der Waals surface area contributed by atoms with Gasteiger partial charge in [0.15, 0.2) is 0 Å². The van der Waals surface area contributed by atoms with E-state index in [1.165, 1.54) is 12.8 Å². The lowest BCUT2D eigenvalue weighted by Crippen LogP contribution is -2.34. The Bertz CT molecular complexity index is 463. The van der Waals surface area contributed by atoms with Gasteiger partial charge in [0.2, 0.25) is 0 Å². The molecule has 0 spiro atoms. The van der Waals surface area contributed by atoms with Gasteiger partial charge in [-0.25, -0.2) is 0 Å². The van der Waals surface area contributed by atoms with Crippen LogP contribution in [-0.4, -0.2) is 11.9 Å². The van der Waals surface area contributed by atoms with Crippen LogP contribution in [-0.2, 0) is 0 Å². The molecule has 3 N–H and O–H groups in total. The third-order valence-corrected chi connectivity index (χ3v) is 4.11. The van der Waals surface area contributed by atoms with Crippen LogP contribution in [0.5, 0.6) is 0 Å². The number of nitrogens with one attached hydrogen (secondary N) is 1. The summed E-state index contributed by atoms with van der Waals surface area (Å²) < 4.78 is 0. The molecule has 1 fully saturated rings. The molecular formula is C14H18Cl2N2O. The van der Waals surface area contributed by atoms with Gasteiger partial charge in [-0.3, -0.25) is 4.79 Å². The van der Waals surface area contributed by atoms with Gasteiger partial charge in [0, 0.05) is 11.6 Å². The number of nitrogens with two attached hydrogens (primary N) is 1. The van der Waals surface area contributed by atoms with E-state index in [1.54, 1.807) is 12.1 Å². The quantitative estimate of drug-likeness (QED) is 0.811. The number of nitrogen functional groups attached to an aromatic ring is 1. The van der Waals surface area contributed by atoms with Gasteiger partial charge in [-0.15, -0.1) is 0 Å². The summed E-state index contributed by atoms with van der Waals surface area (Å²) in [5.41, 5.74) is 6.42. The fraction of sp³-hybridized carbons (Fsp3) is 0.500. The van der Waals surface area contributed by atoms with E-state index >= 15 is 0 Å². The van der Waals surface area contributed by atoms with Gasteiger partial charge in [0.1, 0.15) is 0 Å². The molecule has 0 heterocycles. The van der Waals surface area contributed by atoms with Crippen LogP contribution in [0.25, 0.3) is 0 Å². The van der Waals surface area contributed by atoms with Crippen LogP contribution in [0.3, 0.4) is 0 Å². The summed E-state index contributed by atoms with van der Waals surface area (Å²) in [5.74, 6) is 0.639. The van der Waals surface area contributed by atoms with E-state index in [2.05, 4.69) is 12.2 Å². The van der Waals surface area contributed by atoms with E-state index in [-0.39, 0.29) is 11.9 Å². The van der Waals surface area contributed by atoms with E-state index in [0.717, 1.165) is 18.8 Å². The fourth-order valence-electron chi connectivity index (χ4n) is 2.07. The zero-order valence-corrected chi connectivity index (χ0v) is 12.4. The number of anilines is 1. The minimum Gasteiger partial charge on any atom is -0.396 e. The molecule has 5 heteroatoms. The highest BCUT2D eigenvalue weighted by atomic mass is 35.5. The first kappa shape index (κ1) is 14.5. The Labute approximate surface area is 123 Å². The van der Waals surface area contributed by atoms with E-state index in [1.807, 2.05) is 0 Å². The molecule has 1 amide bonds. The molecule has 1 aliphatic carbocycles. The molecule has 1 aromatic carbocycles. The predicted octanol–water partition coefficient (Wildman–Crippen LogP) is 3.88. The summed E-state index contributed by atoms with van der Waals surface area (Å²) in [7, 11) is 0. The van der Waals surface area contributed by atoms with E-state index in [0.29, 0.717) is 21.3 Å². The van der Waals surface area contributed by atoms with Crippen molar-refractivity contribution >= 4 is 34.8 Å².